The average molecular weight is 282 g/mol. The van der Waals surface area contributed by atoms with Gasteiger partial charge in [-0.15, -0.1) is 0 Å². The van der Waals surface area contributed by atoms with Gasteiger partial charge in [-0.25, -0.2) is 0 Å². The monoisotopic (exact) mass is 282 g/mol. The molecule has 1 heterocycles. The van der Waals surface area contributed by atoms with E-state index >= 15 is 0 Å². The summed E-state index contributed by atoms with van der Waals surface area (Å²) in [5.74, 6) is 0.168. The molecule has 1 aliphatic heterocycles. The zero-order valence-electron chi connectivity index (χ0n) is 12.5. The predicted molar refractivity (Wildman–Crippen MR) is 86.6 cm³/mol. The van der Waals surface area contributed by atoms with E-state index in [4.69, 9.17) is 0 Å². The van der Waals surface area contributed by atoms with E-state index in [-0.39, 0.29) is 5.91 Å². The summed E-state index contributed by atoms with van der Waals surface area (Å²) in [4.78, 5) is 15.0. The highest BCUT2D eigenvalue weighted by Gasteiger charge is 2.25. The molecule has 0 unspecified atom stereocenters. The van der Waals surface area contributed by atoms with Gasteiger partial charge in [0.25, 0.3) is 5.91 Å². The van der Waals surface area contributed by atoms with E-state index in [9.17, 15) is 4.79 Å². The summed E-state index contributed by atoms with van der Waals surface area (Å²) >= 11 is 0. The first kappa shape index (κ1) is 14.1. The van der Waals surface area contributed by atoms with Crippen molar-refractivity contribution in [1.29, 1.82) is 0 Å². The first-order valence-electron chi connectivity index (χ1n) is 7.80. The molecular weight excluding hydrogens is 260 g/mol. The van der Waals surface area contributed by atoms with Crippen molar-refractivity contribution in [3.63, 3.8) is 0 Å². The first-order chi connectivity index (χ1) is 10.3. The molecule has 0 aromatic heterocycles. The van der Waals surface area contributed by atoms with Gasteiger partial charge >= 0.3 is 0 Å². The van der Waals surface area contributed by atoms with Gasteiger partial charge < -0.3 is 10.2 Å². The van der Waals surface area contributed by atoms with Crippen LogP contribution in [-0.2, 0) is 0 Å². The van der Waals surface area contributed by atoms with Gasteiger partial charge in [0, 0.05) is 18.2 Å². The fourth-order valence-corrected chi connectivity index (χ4v) is 3.25. The fraction of sp³-hybridized carbons (Fsp3) is 0.389. The Labute approximate surface area is 125 Å². The van der Waals surface area contributed by atoms with Gasteiger partial charge in [-0.3, -0.25) is 4.79 Å². The lowest BCUT2D eigenvalue weighted by Crippen LogP contribution is -2.46. The third kappa shape index (κ3) is 2.79. The van der Waals surface area contributed by atoms with Gasteiger partial charge in [0.2, 0.25) is 0 Å². The van der Waals surface area contributed by atoms with Crippen LogP contribution in [0.25, 0.3) is 10.8 Å². The van der Waals surface area contributed by atoms with E-state index in [1.54, 1.807) is 0 Å². The second-order valence-corrected chi connectivity index (χ2v) is 5.60. The predicted octanol–water partition coefficient (Wildman–Crippen LogP) is 3.05. The molecule has 0 atom stereocenters. The number of benzene rings is 2. The number of hydrogen-bond acceptors (Lipinski definition) is 2. The molecule has 110 valence electrons. The van der Waals surface area contributed by atoms with Crippen LogP contribution >= 0.6 is 0 Å². The number of amides is 1. The van der Waals surface area contributed by atoms with Crippen LogP contribution in [0.5, 0.6) is 0 Å². The Morgan fingerprint density at radius 2 is 1.86 bits per heavy atom. The van der Waals surface area contributed by atoms with Gasteiger partial charge in [0.1, 0.15) is 0 Å². The Bertz CT molecular complexity index is 627. The second kappa shape index (κ2) is 6.27. The smallest absolute Gasteiger partial charge is 0.254 e. The van der Waals surface area contributed by atoms with Crippen molar-refractivity contribution >= 4 is 16.7 Å². The Hall–Kier alpha value is -1.87. The van der Waals surface area contributed by atoms with E-state index in [2.05, 4.69) is 24.4 Å². The van der Waals surface area contributed by atoms with E-state index < -0.39 is 0 Å². The van der Waals surface area contributed by atoms with Crippen LogP contribution in [0, 0.1) is 0 Å². The highest BCUT2D eigenvalue weighted by Crippen LogP contribution is 2.22. The number of fused-ring (bicyclic) bond motifs is 1. The molecule has 1 N–H and O–H groups in total. The van der Waals surface area contributed by atoms with Crippen LogP contribution < -0.4 is 5.32 Å². The van der Waals surface area contributed by atoms with Crippen molar-refractivity contribution in [1.82, 2.24) is 10.2 Å². The minimum atomic E-state index is 0.168. The molecule has 1 fully saturated rings. The lowest BCUT2D eigenvalue weighted by Gasteiger charge is -2.34. The Kier molecular flexibility index (Phi) is 4.20. The van der Waals surface area contributed by atoms with Gasteiger partial charge in [-0.05, 0) is 49.7 Å². The quantitative estimate of drug-likeness (QED) is 0.938. The molecule has 0 bridgehead atoms. The van der Waals surface area contributed by atoms with E-state index in [0.717, 1.165) is 48.8 Å². The van der Waals surface area contributed by atoms with Gasteiger partial charge in [0.05, 0.1) is 0 Å². The minimum Gasteiger partial charge on any atom is -0.336 e. The molecule has 1 saturated heterocycles. The zero-order valence-corrected chi connectivity index (χ0v) is 12.5. The van der Waals surface area contributed by atoms with E-state index in [1.165, 1.54) is 0 Å². The largest absolute Gasteiger partial charge is 0.336 e. The summed E-state index contributed by atoms with van der Waals surface area (Å²) in [7, 11) is 0. The van der Waals surface area contributed by atoms with Crippen LogP contribution in [0.15, 0.2) is 42.5 Å². The molecule has 21 heavy (non-hydrogen) atoms. The van der Waals surface area contributed by atoms with Crippen molar-refractivity contribution in [2.75, 3.05) is 19.6 Å². The Morgan fingerprint density at radius 1 is 1.14 bits per heavy atom. The normalized spacial score (nSPS) is 16.0. The highest BCUT2D eigenvalue weighted by molar-refractivity contribution is 6.07. The summed E-state index contributed by atoms with van der Waals surface area (Å²) in [6, 6.07) is 14.5. The first-order valence-corrected chi connectivity index (χ1v) is 7.80. The molecule has 3 nitrogen and oxygen atoms in total. The second-order valence-electron chi connectivity index (χ2n) is 5.60. The molecule has 0 saturated carbocycles. The van der Waals surface area contributed by atoms with Crippen LogP contribution in [0.4, 0.5) is 0 Å². The summed E-state index contributed by atoms with van der Waals surface area (Å²) in [5.41, 5.74) is 0.827. The van der Waals surface area contributed by atoms with Crippen molar-refractivity contribution in [3.05, 3.63) is 48.0 Å². The summed E-state index contributed by atoms with van der Waals surface area (Å²) in [6.07, 6.45) is 2.09. The van der Waals surface area contributed by atoms with Gasteiger partial charge in [-0.2, -0.15) is 0 Å². The molecule has 0 radical (unpaired) electrons. The maximum atomic E-state index is 13.0. The summed E-state index contributed by atoms with van der Waals surface area (Å²) in [5, 5.41) is 5.55. The Morgan fingerprint density at radius 3 is 2.62 bits per heavy atom. The maximum absolute atomic E-state index is 13.0. The third-order valence-electron chi connectivity index (χ3n) is 4.37. The number of nitrogens with one attached hydrogen (secondary N) is 1. The van der Waals surface area contributed by atoms with Crippen LogP contribution in [0.3, 0.4) is 0 Å². The zero-order chi connectivity index (χ0) is 14.7. The molecule has 1 amide bonds. The fourth-order valence-electron chi connectivity index (χ4n) is 3.25. The summed E-state index contributed by atoms with van der Waals surface area (Å²) in [6.45, 7) is 4.85. The molecule has 0 spiro atoms. The SMILES string of the molecule is CCN(C(=O)c1cccc2ccccc12)C1CCNCC1. The number of piperidine rings is 1. The number of nitrogens with zero attached hydrogens (tertiary/aromatic N) is 1. The molecule has 3 rings (SSSR count). The number of rotatable bonds is 3. The molecule has 3 heteroatoms. The highest BCUT2D eigenvalue weighted by atomic mass is 16.2. The van der Waals surface area contributed by atoms with Gasteiger partial charge in [-0.1, -0.05) is 36.4 Å². The number of hydrogen-bond donors (Lipinski definition) is 1. The van der Waals surface area contributed by atoms with Crippen molar-refractivity contribution < 1.29 is 4.79 Å². The number of carbonyl (C=O) groups is 1. The van der Waals surface area contributed by atoms with E-state index in [0.29, 0.717) is 6.04 Å². The average Bonchev–Trinajstić information content (AvgIpc) is 2.56. The molecule has 2 aromatic rings. The molecule has 0 aliphatic carbocycles. The maximum Gasteiger partial charge on any atom is 0.254 e. The molecular formula is C18H22N2O. The molecule has 2 aromatic carbocycles. The Balaban J connectivity index is 1.94. The lowest BCUT2D eigenvalue weighted by molar-refractivity contribution is 0.0658. The van der Waals surface area contributed by atoms with Crippen LogP contribution in [-0.4, -0.2) is 36.5 Å². The van der Waals surface area contributed by atoms with Crippen LogP contribution in [0.1, 0.15) is 30.1 Å². The third-order valence-corrected chi connectivity index (χ3v) is 4.37. The van der Waals surface area contributed by atoms with Crippen molar-refractivity contribution in [2.45, 2.75) is 25.8 Å². The van der Waals surface area contributed by atoms with Crippen molar-refractivity contribution in [2.24, 2.45) is 0 Å². The standard InChI is InChI=1S/C18H22N2O/c1-2-20(15-10-12-19-13-11-15)18(21)17-9-5-7-14-6-3-4-8-16(14)17/h3-9,15,19H,2,10-13H2,1H3. The van der Waals surface area contributed by atoms with Gasteiger partial charge in [0.15, 0.2) is 0 Å². The van der Waals surface area contributed by atoms with Crippen LogP contribution in [0.2, 0.25) is 0 Å². The minimum absolute atomic E-state index is 0.168. The summed E-state index contributed by atoms with van der Waals surface area (Å²) < 4.78 is 0. The number of carbonyl (C=O) groups excluding carboxylic acids is 1. The molecule has 1 aliphatic rings. The topological polar surface area (TPSA) is 32.3 Å². The van der Waals surface area contributed by atoms with Crippen molar-refractivity contribution in [3.8, 4) is 0 Å². The lowest BCUT2D eigenvalue weighted by atomic mass is 10.0. The van der Waals surface area contributed by atoms with E-state index in [1.807, 2.05) is 35.2 Å².